The third kappa shape index (κ3) is 3.42. The predicted octanol–water partition coefficient (Wildman–Crippen LogP) is 0.787. The summed E-state index contributed by atoms with van der Waals surface area (Å²) >= 11 is 0. The van der Waals surface area contributed by atoms with Crippen molar-refractivity contribution >= 4 is 5.84 Å². The fraction of sp³-hybridized carbons (Fsp3) is 0.538. The number of hydrogen-bond donors (Lipinski definition) is 2. The summed E-state index contributed by atoms with van der Waals surface area (Å²) in [5.41, 5.74) is 7.16. The second-order valence-electron chi connectivity index (χ2n) is 4.64. The third-order valence-electron chi connectivity index (χ3n) is 3.40. The van der Waals surface area contributed by atoms with Crippen molar-refractivity contribution in [3.05, 3.63) is 29.6 Å². The van der Waals surface area contributed by atoms with Crippen molar-refractivity contribution in [3.63, 3.8) is 0 Å². The van der Waals surface area contributed by atoms with Crippen LogP contribution >= 0.6 is 0 Å². The molecule has 104 valence electrons. The monoisotopic (exact) mass is 264 g/mol. The van der Waals surface area contributed by atoms with Crippen LogP contribution in [0.3, 0.4) is 0 Å². The van der Waals surface area contributed by atoms with Crippen LogP contribution in [0.2, 0.25) is 0 Å². The number of oxime groups is 1. The standard InChI is InChI=1S/C13H20N4O2/c1-2-11-9-19-6-5-17(11)8-10-3-4-15-12(7-10)13(14)16-18/h3-4,7,11,18H,2,5-6,8-9H2,1H3,(H2,14,16). The van der Waals surface area contributed by atoms with Crippen LogP contribution in [-0.4, -0.2) is 46.7 Å². The van der Waals surface area contributed by atoms with E-state index >= 15 is 0 Å². The van der Waals surface area contributed by atoms with E-state index in [4.69, 9.17) is 15.7 Å². The minimum Gasteiger partial charge on any atom is -0.409 e. The number of nitrogens with zero attached hydrogens (tertiary/aromatic N) is 3. The van der Waals surface area contributed by atoms with Gasteiger partial charge in [0.1, 0.15) is 5.69 Å². The minimum atomic E-state index is 0.0378. The van der Waals surface area contributed by atoms with Gasteiger partial charge in [0.15, 0.2) is 5.84 Å². The average Bonchev–Trinajstić information content (AvgIpc) is 2.47. The zero-order valence-corrected chi connectivity index (χ0v) is 11.1. The SMILES string of the molecule is CCC1COCCN1Cc1ccnc(C(N)=NO)c1. The lowest BCUT2D eigenvalue weighted by molar-refractivity contribution is -0.0127. The Labute approximate surface area is 112 Å². The van der Waals surface area contributed by atoms with E-state index in [1.165, 1.54) is 0 Å². The van der Waals surface area contributed by atoms with E-state index in [-0.39, 0.29) is 5.84 Å². The van der Waals surface area contributed by atoms with Crippen LogP contribution in [0.4, 0.5) is 0 Å². The van der Waals surface area contributed by atoms with E-state index in [9.17, 15) is 0 Å². The maximum atomic E-state index is 8.68. The quantitative estimate of drug-likeness (QED) is 0.363. The molecule has 0 radical (unpaired) electrons. The topological polar surface area (TPSA) is 84.0 Å². The molecule has 3 N–H and O–H groups in total. The van der Waals surface area contributed by atoms with Crippen molar-refractivity contribution in [3.8, 4) is 0 Å². The zero-order valence-electron chi connectivity index (χ0n) is 11.1. The van der Waals surface area contributed by atoms with E-state index in [1.807, 2.05) is 12.1 Å². The molecule has 1 aromatic rings. The molecule has 1 aromatic heterocycles. The number of hydrogen-bond acceptors (Lipinski definition) is 5. The van der Waals surface area contributed by atoms with Crippen LogP contribution in [0.25, 0.3) is 0 Å². The Kier molecular flexibility index (Phi) is 4.70. The molecule has 1 aliphatic rings. The summed E-state index contributed by atoms with van der Waals surface area (Å²) in [4.78, 5) is 6.48. The van der Waals surface area contributed by atoms with Crippen LogP contribution < -0.4 is 5.73 Å². The number of pyridine rings is 1. The van der Waals surface area contributed by atoms with E-state index in [0.717, 1.165) is 38.3 Å². The van der Waals surface area contributed by atoms with E-state index in [2.05, 4.69) is 22.0 Å². The molecule has 0 amide bonds. The van der Waals surface area contributed by atoms with Crippen molar-refractivity contribution < 1.29 is 9.94 Å². The normalized spacial score (nSPS) is 21.5. The third-order valence-corrected chi connectivity index (χ3v) is 3.40. The largest absolute Gasteiger partial charge is 0.409 e. The lowest BCUT2D eigenvalue weighted by atomic mass is 10.1. The van der Waals surface area contributed by atoms with E-state index < -0.39 is 0 Å². The summed E-state index contributed by atoms with van der Waals surface area (Å²) in [6, 6.07) is 4.27. The number of aromatic nitrogens is 1. The zero-order chi connectivity index (χ0) is 13.7. The maximum Gasteiger partial charge on any atom is 0.188 e. The highest BCUT2D eigenvalue weighted by Gasteiger charge is 2.21. The maximum absolute atomic E-state index is 8.68. The Morgan fingerprint density at radius 1 is 1.68 bits per heavy atom. The van der Waals surface area contributed by atoms with Crippen molar-refractivity contribution in [2.75, 3.05) is 19.8 Å². The van der Waals surface area contributed by atoms with E-state index in [1.54, 1.807) is 6.20 Å². The van der Waals surface area contributed by atoms with Crippen LogP contribution in [0, 0.1) is 0 Å². The molecule has 19 heavy (non-hydrogen) atoms. The number of morpholine rings is 1. The highest BCUT2D eigenvalue weighted by atomic mass is 16.5. The van der Waals surface area contributed by atoms with Gasteiger partial charge in [-0.05, 0) is 24.1 Å². The summed E-state index contributed by atoms with van der Waals surface area (Å²) in [6.07, 6.45) is 2.75. The molecule has 0 bridgehead atoms. The first kappa shape index (κ1) is 13.8. The summed E-state index contributed by atoms with van der Waals surface area (Å²) in [5.74, 6) is 0.0378. The summed E-state index contributed by atoms with van der Waals surface area (Å²) in [6.45, 7) is 5.49. The molecule has 1 fully saturated rings. The molecule has 6 nitrogen and oxygen atoms in total. The number of nitrogens with two attached hydrogens (primary N) is 1. The first-order valence-corrected chi connectivity index (χ1v) is 6.49. The lowest BCUT2D eigenvalue weighted by Crippen LogP contribution is -2.44. The van der Waals surface area contributed by atoms with Crippen LogP contribution in [0.5, 0.6) is 0 Å². The number of rotatable bonds is 4. The lowest BCUT2D eigenvalue weighted by Gasteiger charge is -2.35. The highest BCUT2D eigenvalue weighted by molar-refractivity contribution is 5.95. The van der Waals surface area contributed by atoms with Gasteiger partial charge < -0.3 is 15.7 Å². The molecule has 1 aliphatic heterocycles. The molecule has 0 aromatic carbocycles. The average molecular weight is 264 g/mol. The first-order valence-electron chi connectivity index (χ1n) is 6.49. The Morgan fingerprint density at radius 2 is 2.53 bits per heavy atom. The van der Waals surface area contributed by atoms with Gasteiger partial charge in [-0.3, -0.25) is 9.88 Å². The molecule has 0 saturated carbocycles. The molecular formula is C13H20N4O2. The van der Waals surface area contributed by atoms with Gasteiger partial charge in [0, 0.05) is 25.3 Å². The number of ether oxygens (including phenoxy) is 1. The summed E-state index contributed by atoms with van der Waals surface area (Å²) in [7, 11) is 0. The Bertz CT molecular complexity index is 450. The minimum absolute atomic E-state index is 0.0378. The van der Waals surface area contributed by atoms with Gasteiger partial charge in [0.05, 0.1) is 13.2 Å². The molecular weight excluding hydrogens is 244 g/mol. The molecule has 1 saturated heterocycles. The summed E-state index contributed by atoms with van der Waals surface area (Å²) in [5, 5.41) is 11.7. The van der Waals surface area contributed by atoms with Gasteiger partial charge in [-0.15, -0.1) is 0 Å². The van der Waals surface area contributed by atoms with Gasteiger partial charge in [-0.1, -0.05) is 12.1 Å². The molecule has 2 heterocycles. The molecule has 0 aliphatic carbocycles. The van der Waals surface area contributed by atoms with E-state index in [0.29, 0.717) is 11.7 Å². The van der Waals surface area contributed by atoms with Gasteiger partial charge in [-0.25, -0.2) is 0 Å². The van der Waals surface area contributed by atoms with Crippen molar-refractivity contribution in [2.45, 2.75) is 25.9 Å². The molecule has 2 rings (SSSR count). The van der Waals surface area contributed by atoms with Crippen molar-refractivity contribution in [1.82, 2.24) is 9.88 Å². The molecule has 6 heteroatoms. The van der Waals surface area contributed by atoms with Gasteiger partial charge in [0.2, 0.25) is 0 Å². The summed E-state index contributed by atoms with van der Waals surface area (Å²) < 4.78 is 5.49. The second kappa shape index (κ2) is 6.49. The van der Waals surface area contributed by atoms with Crippen LogP contribution in [0.1, 0.15) is 24.6 Å². The van der Waals surface area contributed by atoms with Gasteiger partial charge in [-0.2, -0.15) is 0 Å². The van der Waals surface area contributed by atoms with Crippen molar-refractivity contribution in [2.24, 2.45) is 10.9 Å². The fourth-order valence-corrected chi connectivity index (χ4v) is 2.27. The molecule has 1 unspecified atom stereocenters. The van der Waals surface area contributed by atoms with Crippen molar-refractivity contribution in [1.29, 1.82) is 0 Å². The van der Waals surface area contributed by atoms with Gasteiger partial charge in [0.25, 0.3) is 0 Å². The molecule has 1 atom stereocenters. The Morgan fingerprint density at radius 3 is 3.26 bits per heavy atom. The smallest absolute Gasteiger partial charge is 0.188 e. The fourth-order valence-electron chi connectivity index (χ4n) is 2.27. The predicted molar refractivity (Wildman–Crippen MR) is 72.1 cm³/mol. The Hall–Kier alpha value is -1.66. The molecule has 0 spiro atoms. The highest BCUT2D eigenvalue weighted by Crippen LogP contribution is 2.14. The van der Waals surface area contributed by atoms with Gasteiger partial charge >= 0.3 is 0 Å². The number of amidine groups is 1. The van der Waals surface area contributed by atoms with Crippen LogP contribution in [0.15, 0.2) is 23.5 Å². The first-order chi connectivity index (χ1) is 9.24. The second-order valence-corrected chi connectivity index (χ2v) is 4.64. The Balaban J connectivity index is 2.09. The van der Waals surface area contributed by atoms with Crippen LogP contribution in [-0.2, 0) is 11.3 Å².